The van der Waals surface area contributed by atoms with E-state index in [0.717, 1.165) is 44.9 Å². The van der Waals surface area contributed by atoms with E-state index < -0.39 is 6.10 Å². The molecule has 5 nitrogen and oxygen atoms in total. The van der Waals surface area contributed by atoms with Crippen molar-refractivity contribution < 1.29 is 24.8 Å². The highest BCUT2D eigenvalue weighted by Crippen LogP contribution is 2.18. The molecule has 0 aromatic heterocycles. The Labute approximate surface area is 204 Å². The second kappa shape index (κ2) is 25.7. The predicted molar refractivity (Wildman–Crippen MR) is 137 cm³/mol. The van der Waals surface area contributed by atoms with E-state index in [1.54, 1.807) is 0 Å². The molecule has 0 aliphatic rings. The molecule has 5 heteroatoms. The molecular formula is C28H54O5. The maximum absolute atomic E-state index is 12.2. The van der Waals surface area contributed by atoms with Gasteiger partial charge in [0.2, 0.25) is 0 Å². The van der Waals surface area contributed by atoms with Crippen molar-refractivity contribution in [3.05, 3.63) is 11.6 Å². The highest BCUT2D eigenvalue weighted by Gasteiger charge is 2.15. The van der Waals surface area contributed by atoms with Gasteiger partial charge in [-0.2, -0.15) is 0 Å². The molecule has 0 saturated carbocycles. The summed E-state index contributed by atoms with van der Waals surface area (Å²) in [6, 6.07) is 0. The van der Waals surface area contributed by atoms with E-state index in [2.05, 4.69) is 17.9 Å². The van der Waals surface area contributed by atoms with Crippen molar-refractivity contribution in [2.24, 2.45) is 0 Å². The maximum atomic E-state index is 12.2. The highest BCUT2D eigenvalue weighted by atomic mass is 17.1. The van der Waals surface area contributed by atoms with Crippen molar-refractivity contribution in [3.8, 4) is 0 Å². The van der Waals surface area contributed by atoms with Crippen molar-refractivity contribution in [2.75, 3.05) is 13.2 Å². The zero-order valence-corrected chi connectivity index (χ0v) is 21.8. The van der Waals surface area contributed by atoms with Crippen LogP contribution in [0.1, 0.15) is 142 Å². The Kier molecular flexibility index (Phi) is 25.0. The van der Waals surface area contributed by atoms with Gasteiger partial charge in [0.1, 0.15) is 6.10 Å². The molecule has 0 aromatic rings. The van der Waals surface area contributed by atoms with Gasteiger partial charge in [0, 0.05) is 12.8 Å². The molecule has 0 radical (unpaired) electrons. The van der Waals surface area contributed by atoms with Gasteiger partial charge >= 0.3 is 5.97 Å². The summed E-state index contributed by atoms with van der Waals surface area (Å²) in [5.41, 5.74) is 1.22. The summed E-state index contributed by atoms with van der Waals surface area (Å²) in [5, 5.41) is 18.0. The first kappa shape index (κ1) is 32.1. The van der Waals surface area contributed by atoms with E-state index in [1.807, 2.05) is 6.92 Å². The summed E-state index contributed by atoms with van der Waals surface area (Å²) in [6.45, 7) is 4.52. The topological polar surface area (TPSA) is 76.0 Å². The monoisotopic (exact) mass is 470 g/mol. The van der Waals surface area contributed by atoms with Gasteiger partial charge in [-0.25, -0.2) is 4.89 Å². The second-order valence-corrected chi connectivity index (χ2v) is 9.44. The number of rotatable bonds is 25. The SMILES string of the molecule is C/C=C(/CCCCCCOO)CC(CO)OC(=O)CCCCCCCCCCCCCCC. The number of allylic oxidation sites excluding steroid dienone is 1. The number of hydrogen-bond donors (Lipinski definition) is 2. The van der Waals surface area contributed by atoms with E-state index in [0.29, 0.717) is 19.4 Å². The van der Waals surface area contributed by atoms with Gasteiger partial charge in [0.05, 0.1) is 13.2 Å². The lowest BCUT2D eigenvalue weighted by Crippen LogP contribution is -2.22. The van der Waals surface area contributed by atoms with Gasteiger partial charge in [0.25, 0.3) is 0 Å². The van der Waals surface area contributed by atoms with Crippen molar-refractivity contribution >= 4 is 5.97 Å². The summed E-state index contributed by atoms with van der Waals surface area (Å²) in [7, 11) is 0. The van der Waals surface area contributed by atoms with Crippen LogP contribution in [0.3, 0.4) is 0 Å². The standard InChI is InChI=1S/C28H54O5/c1-3-5-6-7-8-9-10-11-12-13-14-15-19-22-28(30)33-27(25-29)24-26(4-2)21-18-16-17-20-23-32-31/h4,27,29,31H,3,5-25H2,1-2H3/b26-4-. The normalized spacial score (nSPS) is 12.8. The lowest BCUT2D eigenvalue weighted by Gasteiger charge is -2.17. The van der Waals surface area contributed by atoms with Crippen molar-refractivity contribution in [3.63, 3.8) is 0 Å². The molecule has 1 atom stereocenters. The summed E-state index contributed by atoms with van der Waals surface area (Å²) in [5.74, 6) is -0.184. The summed E-state index contributed by atoms with van der Waals surface area (Å²) in [4.78, 5) is 16.2. The van der Waals surface area contributed by atoms with Crippen molar-refractivity contribution in [1.82, 2.24) is 0 Å². The molecular weight excluding hydrogens is 416 g/mol. The molecule has 0 aliphatic heterocycles. The Morgan fingerprint density at radius 1 is 0.758 bits per heavy atom. The Balaban J connectivity index is 3.70. The Bertz CT molecular complexity index is 450. The first-order chi connectivity index (χ1) is 16.2. The summed E-state index contributed by atoms with van der Waals surface area (Å²) in [6.07, 6.45) is 24.4. The molecule has 33 heavy (non-hydrogen) atoms. The molecule has 0 aliphatic carbocycles. The van der Waals surface area contributed by atoms with Crippen LogP contribution in [0, 0.1) is 0 Å². The van der Waals surface area contributed by atoms with Gasteiger partial charge in [0.15, 0.2) is 0 Å². The lowest BCUT2D eigenvalue weighted by atomic mass is 10.0. The molecule has 0 saturated heterocycles. The summed E-state index contributed by atoms with van der Waals surface area (Å²) >= 11 is 0. The molecule has 0 spiro atoms. The maximum Gasteiger partial charge on any atom is 0.306 e. The number of ether oxygens (including phenoxy) is 1. The quantitative estimate of drug-likeness (QED) is 0.0463. The molecule has 2 N–H and O–H groups in total. The van der Waals surface area contributed by atoms with Crippen LogP contribution in [0.25, 0.3) is 0 Å². The zero-order valence-electron chi connectivity index (χ0n) is 21.8. The molecule has 1 unspecified atom stereocenters. The van der Waals surface area contributed by atoms with Crippen LogP contribution in [-0.4, -0.2) is 35.7 Å². The third kappa shape index (κ3) is 22.6. The molecule has 0 fully saturated rings. The minimum atomic E-state index is -0.437. The van der Waals surface area contributed by atoms with E-state index in [4.69, 9.17) is 9.99 Å². The van der Waals surface area contributed by atoms with Crippen LogP contribution in [0.4, 0.5) is 0 Å². The molecule has 0 bridgehead atoms. The van der Waals surface area contributed by atoms with Crippen LogP contribution < -0.4 is 0 Å². The van der Waals surface area contributed by atoms with Crippen LogP contribution in [0.15, 0.2) is 11.6 Å². The number of hydrogen-bond acceptors (Lipinski definition) is 5. The van der Waals surface area contributed by atoms with E-state index in [1.165, 1.54) is 76.2 Å². The molecule has 196 valence electrons. The fourth-order valence-electron chi connectivity index (χ4n) is 4.20. The number of aliphatic hydroxyl groups is 1. The minimum Gasteiger partial charge on any atom is -0.460 e. The fourth-order valence-corrected chi connectivity index (χ4v) is 4.20. The van der Waals surface area contributed by atoms with Crippen LogP contribution in [-0.2, 0) is 14.4 Å². The van der Waals surface area contributed by atoms with Crippen molar-refractivity contribution in [1.29, 1.82) is 0 Å². The van der Waals surface area contributed by atoms with Gasteiger partial charge in [-0.15, -0.1) is 0 Å². The third-order valence-corrected chi connectivity index (χ3v) is 6.37. The number of carbonyl (C=O) groups excluding carboxylic acids is 1. The second-order valence-electron chi connectivity index (χ2n) is 9.44. The van der Waals surface area contributed by atoms with Gasteiger partial charge in [-0.3, -0.25) is 10.1 Å². The number of aliphatic hydroxyl groups excluding tert-OH is 1. The van der Waals surface area contributed by atoms with Crippen LogP contribution >= 0.6 is 0 Å². The Hall–Kier alpha value is -0.910. The van der Waals surface area contributed by atoms with Crippen LogP contribution in [0.2, 0.25) is 0 Å². The first-order valence-electron chi connectivity index (χ1n) is 13.9. The summed E-state index contributed by atoms with van der Waals surface area (Å²) < 4.78 is 5.52. The van der Waals surface area contributed by atoms with E-state index >= 15 is 0 Å². The molecule has 0 amide bonds. The van der Waals surface area contributed by atoms with Gasteiger partial charge < -0.3 is 9.84 Å². The van der Waals surface area contributed by atoms with Gasteiger partial charge in [-0.1, -0.05) is 108 Å². The third-order valence-electron chi connectivity index (χ3n) is 6.37. The Morgan fingerprint density at radius 3 is 1.73 bits per heavy atom. The van der Waals surface area contributed by atoms with Gasteiger partial charge in [-0.05, 0) is 32.6 Å². The molecule has 0 rings (SSSR count). The smallest absolute Gasteiger partial charge is 0.306 e. The average Bonchev–Trinajstić information content (AvgIpc) is 2.82. The average molecular weight is 471 g/mol. The Morgan fingerprint density at radius 2 is 1.24 bits per heavy atom. The fraction of sp³-hybridized carbons (Fsp3) is 0.893. The minimum absolute atomic E-state index is 0.129. The first-order valence-corrected chi connectivity index (χ1v) is 13.9. The molecule has 0 aromatic carbocycles. The number of unbranched alkanes of at least 4 members (excludes halogenated alkanes) is 15. The number of esters is 1. The predicted octanol–water partition coefficient (Wildman–Crippen LogP) is 8.15. The van der Waals surface area contributed by atoms with Crippen molar-refractivity contribution in [2.45, 2.75) is 148 Å². The lowest BCUT2D eigenvalue weighted by molar-refractivity contribution is -0.242. The largest absolute Gasteiger partial charge is 0.460 e. The highest BCUT2D eigenvalue weighted by molar-refractivity contribution is 5.69. The molecule has 0 heterocycles. The van der Waals surface area contributed by atoms with E-state index in [9.17, 15) is 9.90 Å². The number of carbonyl (C=O) groups is 1. The zero-order chi connectivity index (χ0) is 24.4. The van der Waals surface area contributed by atoms with E-state index in [-0.39, 0.29) is 12.6 Å². The van der Waals surface area contributed by atoms with Crippen LogP contribution in [0.5, 0.6) is 0 Å².